The summed E-state index contributed by atoms with van der Waals surface area (Å²) in [6, 6.07) is 24.9. The van der Waals surface area contributed by atoms with Crippen LogP contribution in [0, 0.1) is 19.3 Å². The molecule has 0 bridgehead atoms. The van der Waals surface area contributed by atoms with Gasteiger partial charge in [-0.2, -0.15) is 0 Å². The number of aliphatic hydroxyl groups is 1. The summed E-state index contributed by atoms with van der Waals surface area (Å²) in [6.45, 7) is 5.83. The van der Waals surface area contributed by atoms with Gasteiger partial charge in [0.05, 0.1) is 17.1 Å². The number of para-hydroxylation sites is 2. The van der Waals surface area contributed by atoms with Gasteiger partial charge >= 0.3 is 0 Å². The second-order valence-corrected chi connectivity index (χ2v) is 9.22. The second kappa shape index (κ2) is 10.2. The number of imidazole rings is 1. The number of carbonyl (C=O) groups excluding carboxylic acids is 1. The quantitative estimate of drug-likeness (QED) is 0.361. The molecule has 3 aromatic carbocycles. The Balaban J connectivity index is 1.82. The lowest BCUT2D eigenvalue weighted by atomic mass is 9.99. The van der Waals surface area contributed by atoms with E-state index in [4.69, 9.17) is 0 Å². The minimum atomic E-state index is -0.443. The molecule has 0 saturated carbocycles. The monoisotopic (exact) mass is 455 g/mol. The van der Waals surface area contributed by atoms with E-state index in [2.05, 4.69) is 90.6 Å². The Hall–Kier alpha value is -3.44. The maximum Gasteiger partial charge on any atom is 0.203 e. The highest BCUT2D eigenvalue weighted by Crippen LogP contribution is 2.28. The van der Waals surface area contributed by atoms with Crippen LogP contribution >= 0.6 is 0 Å². The molecule has 1 aromatic heterocycles. The number of hydrogen-bond acceptors (Lipinski definition) is 3. The van der Waals surface area contributed by atoms with Crippen LogP contribution in [0.4, 0.5) is 0 Å². The van der Waals surface area contributed by atoms with Gasteiger partial charge in [0, 0.05) is 12.5 Å². The topological polar surface area (TPSA) is 71.0 Å². The largest absolute Gasteiger partial charge is 0.389 e. The first-order chi connectivity index (χ1) is 16.4. The van der Waals surface area contributed by atoms with Crippen LogP contribution < -0.4 is 5.62 Å². The number of aryl methyl sites for hydroxylation is 2. The molecule has 0 amide bonds. The van der Waals surface area contributed by atoms with Gasteiger partial charge in [-0.1, -0.05) is 71.8 Å². The van der Waals surface area contributed by atoms with Crippen molar-refractivity contribution in [1.82, 2.24) is 9.13 Å². The fraction of sp³-hybridized carbons (Fsp3) is 0.310. The summed E-state index contributed by atoms with van der Waals surface area (Å²) >= 11 is 0. The van der Waals surface area contributed by atoms with E-state index in [1.165, 1.54) is 16.7 Å². The number of ketones is 1. The number of Topliss-reactive ketones (excluding diaryl/α,β-unsaturated/α-hetero) is 1. The van der Waals surface area contributed by atoms with E-state index in [9.17, 15) is 15.3 Å². The van der Waals surface area contributed by atoms with E-state index < -0.39 is 6.61 Å². The number of hydrogen-bond donors (Lipinski definition) is 2. The Morgan fingerprint density at radius 1 is 0.882 bits per heavy atom. The summed E-state index contributed by atoms with van der Waals surface area (Å²) in [5, 5.41) is 18.5. The van der Waals surface area contributed by atoms with Crippen molar-refractivity contribution in [2.24, 2.45) is 0 Å². The summed E-state index contributed by atoms with van der Waals surface area (Å²) in [5.74, 6) is -0.169. The van der Waals surface area contributed by atoms with Crippen LogP contribution in [0.25, 0.3) is 11.0 Å². The molecular weight excluding hydrogens is 422 g/mol. The molecule has 1 heterocycles. The molecule has 2 atom stereocenters. The van der Waals surface area contributed by atoms with Gasteiger partial charge in [-0.15, -0.1) is 0 Å². The van der Waals surface area contributed by atoms with E-state index in [0.29, 0.717) is 18.5 Å². The zero-order valence-electron chi connectivity index (χ0n) is 20.2. The molecule has 0 aliphatic rings. The fourth-order valence-corrected chi connectivity index (χ4v) is 4.70. The van der Waals surface area contributed by atoms with Crippen molar-refractivity contribution < 1.29 is 9.90 Å². The SMILES string of the molecule is Cc1ccc(CC(CCC(=O)CO)n2c(=N)n([C@H](C)c3ccc(C)cc3)c3ccccc32)cc1. The molecule has 0 radical (unpaired) electrons. The average Bonchev–Trinajstić information content (AvgIpc) is 3.14. The van der Waals surface area contributed by atoms with Gasteiger partial charge in [0.1, 0.15) is 6.61 Å². The van der Waals surface area contributed by atoms with Crippen LogP contribution in [0.15, 0.2) is 72.8 Å². The van der Waals surface area contributed by atoms with E-state index >= 15 is 0 Å². The summed E-state index contributed by atoms with van der Waals surface area (Å²) in [7, 11) is 0. The highest BCUT2D eigenvalue weighted by molar-refractivity contribution is 5.79. The van der Waals surface area contributed by atoms with Gasteiger partial charge in [0.15, 0.2) is 5.78 Å². The first-order valence-corrected chi connectivity index (χ1v) is 11.9. The molecule has 176 valence electrons. The van der Waals surface area contributed by atoms with Crippen molar-refractivity contribution in [1.29, 1.82) is 5.41 Å². The van der Waals surface area contributed by atoms with E-state index in [0.717, 1.165) is 16.6 Å². The van der Waals surface area contributed by atoms with E-state index in [1.807, 2.05) is 12.1 Å². The standard InChI is InChI=1S/C29H33N3O2/c1-20-8-12-23(13-9-20)18-25(16-17-26(34)19-33)32-28-7-5-4-6-27(28)31(29(32)30)22(3)24-14-10-21(2)11-15-24/h4-15,22,25,30,33H,16-19H2,1-3H3/t22-,25?/m1/s1. The number of carbonyl (C=O) groups is 1. The third kappa shape index (κ3) is 4.90. The lowest BCUT2D eigenvalue weighted by Gasteiger charge is -2.20. The van der Waals surface area contributed by atoms with Crippen molar-refractivity contribution in [3.8, 4) is 0 Å². The highest BCUT2D eigenvalue weighted by atomic mass is 16.3. The Morgan fingerprint density at radius 3 is 2.03 bits per heavy atom. The third-order valence-electron chi connectivity index (χ3n) is 6.69. The minimum absolute atomic E-state index is 0.0154. The fourth-order valence-electron chi connectivity index (χ4n) is 4.70. The van der Waals surface area contributed by atoms with Gasteiger partial charge in [-0.3, -0.25) is 10.2 Å². The van der Waals surface area contributed by atoms with Gasteiger partial charge < -0.3 is 14.2 Å². The van der Waals surface area contributed by atoms with Crippen molar-refractivity contribution in [3.05, 3.63) is 101 Å². The van der Waals surface area contributed by atoms with Gasteiger partial charge in [-0.05, 0) is 56.9 Å². The Morgan fingerprint density at radius 2 is 1.44 bits per heavy atom. The predicted molar refractivity (Wildman–Crippen MR) is 136 cm³/mol. The zero-order chi connectivity index (χ0) is 24.2. The third-order valence-corrected chi connectivity index (χ3v) is 6.69. The van der Waals surface area contributed by atoms with E-state index in [-0.39, 0.29) is 24.3 Å². The Labute approximate surface area is 200 Å². The maximum absolute atomic E-state index is 12.0. The van der Waals surface area contributed by atoms with Crippen LogP contribution in [-0.4, -0.2) is 26.6 Å². The number of nitrogens with one attached hydrogen (secondary N) is 1. The summed E-state index contributed by atoms with van der Waals surface area (Å²) in [4.78, 5) is 12.0. The van der Waals surface area contributed by atoms with Crippen LogP contribution in [0.1, 0.15) is 54.1 Å². The Bertz CT molecular complexity index is 1330. The normalized spacial score (nSPS) is 13.2. The number of fused-ring (bicyclic) bond motifs is 1. The number of rotatable bonds is 9. The van der Waals surface area contributed by atoms with Crippen molar-refractivity contribution in [3.63, 3.8) is 0 Å². The molecule has 2 N–H and O–H groups in total. The van der Waals surface area contributed by atoms with Gasteiger partial charge in [0.2, 0.25) is 5.62 Å². The minimum Gasteiger partial charge on any atom is -0.389 e. The smallest absolute Gasteiger partial charge is 0.203 e. The molecule has 0 aliphatic heterocycles. The Kier molecular flexibility index (Phi) is 7.13. The van der Waals surface area contributed by atoms with Crippen LogP contribution in [0.2, 0.25) is 0 Å². The number of nitrogens with zero attached hydrogens (tertiary/aromatic N) is 2. The molecule has 0 fully saturated rings. The van der Waals surface area contributed by atoms with Gasteiger partial charge in [0.25, 0.3) is 0 Å². The van der Waals surface area contributed by atoms with Crippen LogP contribution in [0.5, 0.6) is 0 Å². The number of aliphatic hydroxyl groups excluding tert-OH is 1. The predicted octanol–water partition coefficient (Wildman–Crippen LogP) is 5.27. The second-order valence-electron chi connectivity index (χ2n) is 9.22. The van der Waals surface area contributed by atoms with Gasteiger partial charge in [-0.25, -0.2) is 0 Å². The lowest BCUT2D eigenvalue weighted by Crippen LogP contribution is -2.31. The van der Waals surface area contributed by atoms with Crippen molar-refractivity contribution in [2.75, 3.05) is 6.61 Å². The molecule has 0 saturated heterocycles. The molecule has 34 heavy (non-hydrogen) atoms. The lowest BCUT2D eigenvalue weighted by molar-refractivity contribution is -0.122. The summed E-state index contributed by atoms with van der Waals surface area (Å²) < 4.78 is 4.15. The zero-order valence-corrected chi connectivity index (χ0v) is 20.2. The molecule has 0 aliphatic carbocycles. The molecular formula is C29H33N3O2. The number of aromatic nitrogens is 2. The molecule has 4 aromatic rings. The van der Waals surface area contributed by atoms with Crippen molar-refractivity contribution in [2.45, 2.75) is 52.1 Å². The average molecular weight is 456 g/mol. The summed E-state index contributed by atoms with van der Waals surface area (Å²) in [5.41, 5.74) is 7.14. The molecule has 1 unspecified atom stereocenters. The van der Waals surface area contributed by atoms with Crippen molar-refractivity contribution >= 4 is 16.8 Å². The molecule has 4 rings (SSSR count). The first-order valence-electron chi connectivity index (χ1n) is 11.9. The molecule has 0 spiro atoms. The molecule has 5 heteroatoms. The summed E-state index contributed by atoms with van der Waals surface area (Å²) in [6.07, 6.45) is 1.56. The maximum atomic E-state index is 12.0. The molecule has 5 nitrogen and oxygen atoms in total. The number of benzene rings is 3. The van der Waals surface area contributed by atoms with Crippen LogP contribution in [-0.2, 0) is 11.2 Å². The highest BCUT2D eigenvalue weighted by Gasteiger charge is 2.22. The van der Waals surface area contributed by atoms with Crippen LogP contribution in [0.3, 0.4) is 0 Å². The first kappa shape index (κ1) is 23.7. The van der Waals surface area contributed by atoms with E-state index in [1.54, 1.807) is 0 Å².